The van der Waals surface area contributed by atoms with Crippen molar-refractivity contribution in [3.8, 4) is 0 Å². The normalized spacial score (nSPS) is 14.9. The van der Waals surface area contributed by atoms with Crippen molar-refractivity contribution in [1.29, 1.82) is 0 Å². The molecule has 1 aromatic heterocycles. The average Bonchev–Trinajstić information content (AvgIpc) is 2.36. The highest BCUT2D eigenvalue weighted by Gasteiger charge is 2.19. The molecule has 16 heavy (non-hydrogen) atoms. The van der Waals surface area contributed by atoms with Crippen LogP contribution in [0.3, 0.4) is 0 Å². The summed E-state index contributed by atoms with van der Waals surface area (Å²) in [6.45, 7) is -0.470. The summed E-state index contributed by atoms with van der Waals surface area (Å²) in [6.07, 6.45) is 1.07. The standard InChI is InChI=1S/C12H13NO3/c14-7-11(15)12(16)10-3-1-2-8-6-13-5-4-9(8)10/h1-6,11-12,14-16H,7H2. The molecule has 4 heteroatoms. The van der Waals surface area contributed by atoms with Crippen LogP contribution in [-0.2, 0) is 0 Å². The lowest BCUT2D eigenvalue weighted by Gasteiger charge is -2.17. The minimum atomic E-state index is -1.17. The Morgan fingerprint density at radius 3 is 2.75 bits per heavy atom. The molecule has 4 nitrogen and oxygen atoms in total. The SMILES string of the molecule is OCC(O)C(O)c1cccc2cnccc12. The predicted molar refractivity (Wildman–Crippen MR) is 59.8 cm³/mol. The van der Waals surface area contributed by atoms with E-state index in [9.17, 15) is 10.2 Å². The zero-order valence-electron chi connectivity index (χ0n) is 8.61. The maximum Gasteiger partial charge on any atom is 0.108 e. The second-order valence-electron chi connectivity index (χ2n) is 3.64. The Bertz CT molecular complexity index is 481. The van der Waals surface area contributed by atoms with Crippen molar-refractivity contribution in [3.63, 3.8) is 0 Å². The van der Waals surface area contributed by atoms with E-state index in [1.54, 1.807) is 30.6 Å². The second-order valence-corrected chi connectivity index (χ2v) is 3.64. The summed E-state index contributed by atoms with van der Waals surface area (Å²) in [4.78, 5) is 3.98. The van der Waals surface area contributed by atoms with E-state index >= 15 is 0 Å². The van der Waals surface area contributed by atoms with Crippen LogP contribution in [0.25, 0.3) is 10.8 Å². The summed E-state index contributed by atoms with van der Waals surface area (Å²) < 4.78 is 0. The van der Waals surface area contributed by atoms with Gasteiger partial charge in [-0.2, -0.15) is 0 Å². The van der Waals surface area contributed by atoms with Gasteiger partial charge in [0.25, 0.3) is 0 Å². The second kappa shape index (κ2) is 4.57. The molecular formula is C12H13NO3. The molecule has 2 aromatic rings. The number of pyridine rings is 1. The van der Waals surface area contributed by atoms with E-state index in [1.807, 2.05) is 6.07 Å². The maximum absolute atomic E-state index is 9.86. The van der Waals surface area contributed by atoms with E-state index in [0.717, 1.165) is 10.8 Å². The van der Waals surface area contributed by atoms with Gasteiger partial charge < -0.3 is 15.3 Å². The fourth-order valence-electron chi connectivity index (χ4n) is 1.71. The highest BCUT2D eigenvalue weighted by molar-refractivity contribution is 5.85. The van der Waals surface area contributed by atoms with Crippen LogP contribution in [0.1, 0.15) is 11.7 Å². The van der Waals surface area contributed by atoms with Crippen molar-refractivity contribution in [2.75, 3.05) is 6.61 Å². The van der Waals surface area contributed by atoms with Crippen molar-refractivity contribution >= 4 is 10.8 Å². The summed E-state index contributed by atoms with van der Waals surface area (Å²) in [5.74, 6) is 0. The third-order valence-electron chi connectivity index (χ3n) is 2.58. The Morgan fingerprint density at radius 2 is 2.00 bits per heavy atom. The number of fused-ring (bicyclic) bond motifs is 1. The number of rotatable bonds is 3. The quantitative estimate of drug-likeness (QED) is 0.707. The summed E-state index contributed by atoms with van der Waals surface area (Å²) in [7, 11) is 0. The molecule has 2 atom stereocenters. The summed E-state index contributed by atoms with van der Waals surface area (Å²) in [6, 6.07) is 7.17. The van der Waals surface area contributed by atoms with Gasteiger partial charge in [0.2, 0.25) is 0 Å². The van der Waals surface area contributed by atoms with Crippen LogP contribution in [0.4, 0.5) is 0 Å². The smallest absolute Gasteiger partial charge is 0.108 e. The van der Waals surface area contributed by atoms with Crippen LogP contribution in [0, 0.1) is 0 Å². The average molecular weight is 219 g/mol. The highest BCUT2D eigenvalue weighted by Crippen LogP contribution is 2.25. The predicted octanol–water partition coefficient (Wildman–Crippen LogP) is 0.621. The van der Waals surface area contributed by atoms with E-state index in [1.165, 1.54) is 0 Å². The molecule has 1 aromatic carbocycles. The van der Waals surface area contributed by atoms with Crippen LogP contribution in [0.5, 0.6) is 0 Å². The van der Waals surface area contributed by atoms with Crippen molar-refractivity contribution < 1.29 is 15.3 Å². The van der Waals surface area contributed by atoms with Crippen LogP contribution < -0.4 is 0 Å². The van der Waals surface area contributed by atoms with Gasteiger partial charge in [-0.1, -0.05) is 18.2 Å². The van der Waals surface area contributed by atoms with Gasteiger partial charge in [0.05, 0.1) is 6.61 Å². The molecule has 3 N–H and O–H groups in total. The number of hydrogen-bond acceptors (Lipinski definition) is 4. The molecule has 0 saturated carbocycles. The summed E-state index contributed by atoms with van der Waals surface area (Å²) in [5.41, 5.74) is 0.599. The molecule has 0 aliphatic rings. The molecule has 0 amide bonds. The molecule has 84 valence electrons. The Labute approximate surface area is 92.8 Å². The molecule has 0 aliphatic carbocycles. The Hall–Kier alpha value is -1.49. The molecule has 0 aliphatic heterocycles. The van der Waals surface area contributed by atoms with E-state index in [2.05, 4.69) is 4.98 Å². The topological polar surface area (TPSA) is 73.6 Å². The molecule has 0 spiro atoms. The van der Waals surface area contributed by atoms with Gasteiger partial charge in [-0.3, -0.25) is 4.98 Å². The molecule has 0 radical (unpaired) electrons. The van der Waals surface area contributed by atoms with Crippen LogP contribution >= 0.6 is 0 Å². The first-order chi connectivity index (χ1) is 7.74. The van der Waals surface area contributed by atoms with Crippen molar-refractivity contribution in [2.24, 2.45) is 0 Å². The van der Waals surface area contributed by atoms with Crippen LogP contribution in [-0.4, -0.2) is 33.0 Å². The third-order valence-corrected chi connectivity index (χ3v) is 2.58. The van der Waals surface area contributed by atoms with Crippen molar-refractivity contribution in [1.82, 2.24) is 4.98 Å². The van der Waals surface area contributed by atoms with Gasteiger partial charge in [-0.05, 0) is 17.0 Å². The first-order valence-corrected chi connectivity index (χ1v) is 5.03. The monoisotopic (exact) mass is 219 g/mol. The zero-order valence-corrected chi connectivity index (χ0v) is 8.61. The van der Waals surface area contributed by atoms with E-state index in [4.69, 9.17) is 5.11 Å². The number of aromatic nitrogens is 1. The molecule has 0 saturated heterocycles. The van der Waals surface area contributed by atoms with E-state index in [-0.39, 0.29) is 0 Å². The van der Waals surface area contributed by atoms with Gasteiger partial charge in [0.15, 0.2) is 0 Å². The zero-order chi connectivity index (χ0) is 11.5. The fraction of sp³-hybridized carbons (Fsp3) is 0.250. The molecule has 2 unspecified atom stereocenters. The van der Waals surface area contributed by atoms with Crippen LogP contribution in [0.2, 0.25) is 0 Å². The largest absolute Gasteiger partial charge is 0.394 e. The van der Waals surface area contributed by atoms with E-state index in [0.29, 0.717) is 5.56 Å². The Balaban J connectivity index is 2.52. The number of aliphatic hydroxyl groups excluding tert-OH is 3. The Kier molecular flexibility index (Phi) is 3.14. The van der Waals surface area contributed by atoms with E-state index < -0.39 is 18.8 Å². The molecule has 0 fully saturated rings. The number of aliphatic hydroxyl groups is 3. The van der Waals surface area contributed by atoms with Gasteiger partial charge >= 0.3 is 0 Å². The van der Waals surface area contributed by atoms with Crippen molar-refractivity contribution in [3.05, 3.63) is 42.2 Å². The molecule has 2 rings (SSSR count). The maximum atomic E-state index is 9.86. The lowest BCUT2D eigenvalue weighted by Crippen LogP contribution is -2.22. The van der Waals surface area contributed by atoms with Gasteiger partial charge in [-0.15, -0.1) is 0 Å². The minimum absolute atomic E-state index is 0.470. The molecule has 1 heterocycles. The summed E-state index contributed by atoms with van der Waals surface area (Å²) >= 11 is 0. The lowest BCUT2D eigenvalue weighted by atomic mass is 9.99. The number of nitrogens with zero attached hydrogens (tertiary/aromatic N) is 1. The Morgan fingerprint density at radius 1 is 1.19 bits per heavy atom. The highest BCUT2D eigenvalue weighted by atomic mass is 16.4. The van der Waals surface area contributed by atoms with Gasteiger partial charge in [-0.25, -0.2) is 0 Å². The first kappa shape index (κ1) is 11.0. The first-order valence-electron chi connectivity index (χ1n) is 5.03. The number of hydrogen-bond donors (Lipinski definition) is 3. The fourth-order valence-corrected chi connectivity index (χ4v) is 1.71. The third kappa shape index (κ3) is 1.90. The van der Waals surface area contributed by atoms with Gasteiger partial charge in [0, 0.05) is 17.8 Å². The minimum Gasteiger partial charge on any atom is -0.394 e. The lowest BCUT2D eigenvalue weighted by molar-refractivity contribution is -0.0145. The molecule has 0 bridgehead atoms. The summed E-state index contributed by atoms with van der Waals surface area (Å²) in [5, 5.41) is 29.8. The molecular weight excluding hydrogens is 206 g/mol. The van der Waals surface area contributed by atoms with Gasteiger partial charge in [0.1, 0.15) is 12.2 Å². The number of benzene rings is 1. The van der Waals surface area contributed by atoms with Crippen LogP contribution in [0.15, 0.2) is 36.7 Å². The van der Waals surface area contributed by atoms with Crippen molar-refractivity contribution in [2.45, 2.75) is 12.2 Å².